The third kappa shape index (κ3) is 6.40. The van der Waals surface area contributed by atoms with Gasteiger partial charge in [0, 0.05) is 57.4 Å². The van der Waals surface area contributed by atoms with Gasteiger partial charge in [0.15, 0.2) is 5.82 Å². The fourth-order valence-corrected chi connectivity index (χ4v) is 9.85. The minimum atomic E-state index is -0.0261. The second-order valence-corrected chi connectivity index (χ2v) is 19.4. The first-order chi connectivity index (χ1) is 30.8. The van der Waals surface area contributed by atoms with E-state index in [1.807, 2.05) is 18.5 Å². The highest BCUT2D eigenvalue weighted by Crippen LogP contribution is 2.50. The van der Waals surface area contributed by atoms with Crippen LogP contribution in [0.2, 0.25) is 0 Å². The Morgan fingerprint density at radius 2 is 1.14 bits per heavy atom. The molecule has 11 rings (SSSR count). The van der Waals surface area contributed by atoms with E-state index in [2.05, 4.69) is 214 Å². The lowest BCUT2D eigenvalue weighted by molar-refractivity contribution is 0.484. The van der Waals surface area contributed by atoms with Crippen LogP contribution in [0.5, 0.6) is 11.5 Å². The van der Waals surface area contributed by atoms with Gasteiger partial charge in [0.25, 0.3) is 0 Å². The average molecular weight is 837 g/mol. The monoisotopic (exact) mass is 836 g/mol. The molecule has 0 saturated heterocycles. The predicted octanol–water partition coefficient (Wildman–Crippen LogP) is 14.9. The van der Waals surface area contributed by atoms with Crippen LogP contribution >= 0.6 is 0 Å². The molecule has 4 aromatic heterocycles. The van der Waals surface area contributed by atoms with Crippen LogP contribution in [0, 0.1) is 13.8 Å². The molecule has 0 fully saturated rings. The topological polar surface area (TPSA) is 51.4 Å². The minimum Gasteiger partial charge on any atom is -0.457 e. The van der Waals surface area contributed by atoms with Gasteiger partial charge < -0.3 is 19.1 Å². The van der Waals surface area contributed by atoms with E-state index >= 15 is 0 Å². The Bertz CT molecular complexity index is 3430. The fraction of sp³-hybridized carbons (Fsp3) is 0.193. The molecule has 0 radical (unpaired) electrons. The zero-order valence-electron chi connectivity index (χ0n) is 37.8. The number of fused-ring (bicyclic) bond motifs is 7. The molecule has 316 valence electrons. The maximum atomic E-state index is 7.10. The van der Waals surface area contributed by atoms with Crippen LogP contribution in [0.4, 0.5) is 22.9 Å². The highest BCUT2D eigenvalue weighted by molar-refractivity contribution is 6.15. The van der Waals surface area contributed by atoms with Gasteiger partial charge in [-0.3, -0.25) is 4.57 Å². The van der Waals surface area contributed by atoms with E-state index in [0.29, 0.717) is 6.67 Å². The molecule has 0 amide bonds. The fourth-order valence-electron chi connectivity index (χ4n) is 9.85. The lowest BCUT2D eigenvalue weighted by atomic mass is 9.84. The Morgan fingerprint density at radius 3 is 1.86 bits per heavy atom. The van der Waals surface area contributed by atoms with Crippen LogP contribution in [-0.2, 0) is 10.8 Å². The standard InChI is InChI=1S/C57H52N6O/c1-36-29-39(57(6,7)8)30-37(2)53(36)60-35-61(55-49(60)23-16-27-59-55)51-34-42(32-46-44-20-13-14-21-47(44)62(54(46)51)40-17-10-9-11-18-40)64-41-24-25-45-43-19-12-15-22-48(43)63(50(45)33-41)52-31-38(26-28-58-52)56(3,4)5/h9-34H,35H2,1-8H3. The number of aryl methyl sites for hydroxylation is 2. The molecule has 0 spiro atoms. The van der Waals surface area contributed by atoms with E-state index in [1.54, 1.807) is 0 Å². The van der Waals surface area contributed by atoms with E-state index in [-0.39, 0.29) is 10.8 Å². The Morgan fingerprint density at radius 1 is 0.484 bits per heavy atom. The number of pyridine rings is 2. The molecule has 1 aliphatic heterocycles. The zero-order valence-corrected chi connectivity index (χ0v) is 37.8. The number of benzene rings is 6. The van der Waals surface area contributed by atoms with Crippen molar-refractivity contribution < 1.29 is 4.74 Å². The van der Waals surface area contributed by atoms with Crippen molar-refractivity contribution in [1.29, 1.82) is 0 Å². The number of aromatic nitrogens is 4. The number of hydrogen-bond acceptors (Lipinski definition) is 5. The van der Waals surface area contributed by atoms with E-state index in [1.165, 1.54) is 33.3 Å². The van der Waals surface area contributed by atoms with Crippen LogP contribution in [0.1, 0.15) is 63.8 Å². The smallest absolute Gasteiger partial charge is 0.158 e. The van der Waals surface area contributed by atoms with E-state index < -0.39 is 0 Å². The van der Waals surface area contributed by atoms with Crippen LogP contribution in [-0.4, -0.2) is 25.8 Å². The number of ether oxygens (including phenoxy) is 1. The average Bonchev–Trinajstić information content (AvgIpc) is 3.94. The lowest BCUT2D eigenvalue weighted by Gasteiger charge is -2.28. The Hall–Kier alpha value is -7.38. The molecular formula is C57H52N6O. The molecule has 0 N–H and O–H groups in total. The van der Waals surface area contributed by atoms with E-state index in [0.717, 1.165) is 78.4 Å². The number of para-hydroxylation sites is 3. The summed E-state index contributed by atoms with van der Waals surface area (Å²) in [7, 11) is 0. The maximum absolute atomic E-state index is 7.10. The van der Waals surface area contributed by atoms with E-state index in [9.17, 15) is 0 Å². The van der Waals surface area contributed by atoms with Crippen LogP contribution < -0.4 is 14.5 Å². The lowest BCUT2D eigenvalue weighted by Crippen LogP contribution is -2.26. The molecule has 1 aliphatic rings. The summed E-state index contributed by atoms with van der Waals surface area (Å²) in [6, 6.07) is 52.1. The van der Waals surface area contributed by atoms with Crippen molar-refractivity contribution in [2.24, 2.45) is 0 Å². The quantitative estimate of drug-likeness (QED) is 0.167. The van der Waals surface area contributed by atoms with Gasteiger partial charge in [-0.2, -0.15) is 0 Å². The van der Waals surface area contributed by atoms with Gasteiger partial charge in [-0.15, -0.1) is 0 Å². The van der Waals surface area contributed by atoms with Crippen molar-refractivity contribution in [3.8, 4) is 23.0 Å². The SMILES string of the molecule is Cc1cc(C(C)(C)C)cc(C)c1N1CN(c2cc(Oc3ccc4c5ccccc5n(-c5cc(C(C)(C)C)ccn5)c4c3)cc3c4ccccc4n(-c4ccccc4)c23)c2ncccc21. The zero-order chi connectivity index (χ0) is 44.1. The molecule has 0 bridgehead atoms. The first-order valence-electron chi connectivity index (χ1n) is 22.3. The molecule has 10 aromatic rings. The molecule has 5 heterocycles. The van der Waals surface area contributed by atoms with Gasteiger partial charge in [-0.25, -0.2) is 9.97 Å². The molecule has 6 aromatic carbocycles. The summed E-state index contributed by atoms with van der Waals surface area (Å²) in [5.41, 5.74) is 13.8. The second kappa shape index (κ2) is 14.6. The van der Waals surface area contributed by atoms with Crippen LogP contribution in [0.25, 0.3) is 55.1 Å². The van der Waals surface area contributed by atoms with Gasteiger partial charge in [-0.05, 0) is 114 Å². The Balaban J connectivity index is 1.11. The first kappa shape index (κ1) is 39.5. The largest absolute Gasteiger partial charge is 0.457 e. The van der Waals surface area contributed by atoms with Crippen LogP contribution in [0.3, 0.4) is 0 Å². The Labute approximate surface area is 374 Å². The van der Waals surface area contributed by atoms with E-state index in [4.69, 9.17) is 14.7 Å². The van der Waals surface area contributed by atoms with Crippen molar-refractivity contribution in [2.75, 3.05) is 16.5 Å². The predicted molar refractivity (Wildman–Crippen MR) is 266 cm³/mol. The molecule has 0 aliphatic carbocycles. The third-order valence-electron chi connectivity index (χ3n) is 13.0. The van der Waals surface area contributed by atoms with Gasteiger partial charge in [0.05, 0.1) is 33.4 Å². The number of nitrogens with zero attached hydrogens (tertiary/aromatic N) is 6. The summed E-state index contributed by atoms with van der Waals surface area (Å²) in [6.07, 6.45) is 3.83. The Kier molecular flexibility index (Phi) is 9.00. The summed E-state index contributed by atoms with van der Waals surface area (Å²) in [5.74, 6) is 3.27. The normalized spacial score (nSPS) is 13.2. The van der Waals surface area contributed by atoms with Crippen molar-refractivity contribution in [3.05, 3.63) is 180 Å². The molecule has 64 heavy (non-hydrogen) atoms. The summed E-state index contributed by atoms with van der Waals surface area (Å²) in [4.78, 5) is 14.9. The number of rotatable bonds is 6. The van der Waals surface area contributed by atoms with Crippen molar-refractivity contribution >= 4 is 66.5 Å². The molecular weight excluding hydrogens is 785 g/mol. The number of hydrogen-bond donors (Lipinski definition) is 0. The van der Waals surface area contributed by atoms with Gasteiger partial charge in [0.1, 0.15) is 24.0 Å². The minimum absolute atomic E-state index is 0.0261. The third-order valence-corrected chi connectivity index (χ3v) is 13.0. The van der Waals surface area contributed by atoms with Gasteiger partial charge in [-0.1, -0.05) is 108 Å². The van der Waals surface area contributed by atoms with Gasteiger partial charge >= 0.3 is 0 Å². The summed E-state index contributed by atoms with van der Waals surface area (Å²) < 4.78 is 11.8. The summed E-state index contributed by atoms with van der Waals surface area (Å²) >= 11 is 0. The van der Waals surface area contributed by atoms with Crippen molar-refractivity contribution in [2.45, 2.75) is 66.2 Å². The molecule has 0 saturated carbocycles. The molecule has 7 heteroatoms. The second-order valence-electron chi connectivity index (χ2n) is 19.4. The maximum Gasteiger partial charge on any atom is 0.158 e. The highest BCUT2D eigenvalue weighted by atomic mass is 16.5. The molecule has 7 nitrogen and oxygen atoms in total. The van der Waals surface area contributed by atoms with Crippen LogP contribution in [0.15, 0.2) is 158 Å². The first-order valence-corrected chi connectivity index (χ1v) is 22.3. The number of anilines is 4. The molecule has 0 unspecified atom stereocenters. The van der Waals surface area contributed by atoms with Gasteiger partial charge in [0.2, 0.25) is 0 Å². The summed E-state index contributed by atoms with van der Waals surface area (Å²) in [5, 5.41) is 4.57. The van der Waals surface area contributed by atoms with Crippen molar-refractivity contribution in [3.63, 3.8) is 0 Å². The highest BCUT2D eigenvalue weighted by Gasteiger charge is 2.34. The summed E-state index contributed by atoms with van der Waals surface area (Å²) in [6.45, 7) is 18.6. The molecule has 0 atom stereocenters. The van der Waals surface area contributed by atoms with Crippen molar-refractivity contribution in [1.82, 2.24) is 19.1 Å².